The SMILES string of the molecule is Cc1cc(C(C)C)nc(NC2CC(C)(C)CC(C)(C)C2)n1. The van der Waals surface area contributed by atoms with Crippen LogP contribution in [0.4, 0.5) is 5.95 Å². The Hall–Kier alpha value is -1.12. The van der Waals surface area contributed by atoms with Gasteiger partial charge in [-0.15, -0.1) is 0 Å². The molecular weight excluding hydrogens is 258 g/mol. The van der Waals surface area contributed by atoms with Gasteiger partial charge in [0.15, 0.2) is 0 Å². The minimum atomic E-state index is 0.379. The van der Waals surface area contributed by atoms with Crippen molar-refractivity contribution in [3.63, 3.8) is 0 Å². The largest absolute Gasteiger partial charge is 0.351 e. The topological polar surface area (TPSA) is 37.8 Å². The summed E-state index contributed by atoms with van der Waals surface area (Å²) in [6.07, 6.45) is 3.65. The fraction of sp³-hybridized carbons (Fsp3) is 0.778. The highest BCUT2D eigenvalue weighted by Gasteiger charge is 2.38. The fourth-order valence-corrected chi connectivity index (χ4v) is 4.08. The van der Waals surface area contributed by atoms with Crippen LogP contribution in [0.15, 0.2) is 6.07 Å². The van der Waals surface area contributed by atoms with Gasteiger partial charge >= 0.3 is 0 Å². The van der Waals surface area contributed by atoms with Gasteiger partial charge in [-0.25, -0.2) is 9.97 Å². The molecule has 0 spiro atoms. The van der Waals surface area contributed by atoms with Crippen LogP contribution in [0.2, 0.25) is 0 Å². The molecule has 0 bridgehead atoms. The highest BCUT2D eigenvalue weighted by atomic mass is 15.1. The Morgan fingerprint density at radius 1 is 1.10 bits per heavy atom. The first kappa shape index (κ1) is 16.3. The number of hydrogen-bond donors (Lipinski definition) is 1. The Morgan fingerprint density at radius 3 is 2.19 bits per heavy atom. The number of aryl methyl sites for hydroxylation is 1. The Morgan fingerprint density at radius 2 is 1.67 bits per heavy atom. The smallest absolute Gasteiger partial charge is 0.223 e. The first-order chi connectivity index (χ1) is 9.56. The summed E-state index contributed by atoms with van der Waals surface area (Å²) in [5.41, 5.74) is 2.93. The zero-order valence-electron chi connectivity index (χ0n) is 14.7. The van der Waals surface area contributed by atoms with E-state index >= 15 is 0 Å². The van der Waals surface area contributed by atoms with Crippen molar-refractivity contribution >= 4 is 5.95 Å². The van der Waals surface area contributed by atoms with Gasteiger partial charge in [-0.1, -0.05) is 41.5 Å². The van der Waals surface area contributed by atoms with Gasteiger partial charge in [0.2, 0.25) is 5.95 Å². The molecule has 2 rings (SSSR count). The summed E-state index contributed by atoms with van der Waals surface area (Å²) in [5, 5.41) is 3.61. The van der Waals surface area contributed by atoms with Gasteiger partial charge < -0.3 is 5.32 Å². The van der Waals surface area contributed by atoms with Crippen LogP contribution in [-0.2, 0) is 0 Å². The van der Waals surface area contributed by atoms with Gasteiger partial charge in [0.25, 0.3) is 0 Å². The third-order valence-electron chi connectivity index (χ3n) is 4.35. The number of nitrogens with one attached hydrogen (secondary N) is 1. The zero-order chi connectivity index (χ0) is 15.8. The second-order valence-corrected chi connectivity index (χ2v) is 8.67. The summed E-state index contributed by atoms with van der Waals surface area (Å²) in [5.74, 6) is 1.24. The van der Waals surface area contributed by atoms with Crippen LogP contribution in [0, 0.1) is 17.8 Å². The van der Waals surface area contributed by atoms with Gasteiger partial charge in [0.1, 0.15) is 0 Å². The van der Waals surface area contributed by atoms with Gasteiger partial charge in [-0.2, -0.15) is 0 Å². The molecule has 1 aromatic heterocycles. The predicted molar refractivity (Wildman–Crippen MR) is 89.7 cm³/mol. The summed E-state index contributed by atoms with van der Waals surface area (Å²) in [6.45, 7) is 15.9. The van der Waals surface area contributed by atoms with Crippen molar-refractivity contribution in [3.05, 3.63) is 17.5 Å². The molecule has 3 nitrogen and oxygen atoms in total. The van der Waals surface area contributed by atoms with Crippen molar-refractivity contribution in [2.24, 2.45) is 10.8 Å². The molecule has 1 aliphatic carbocycles. The first-order valence-corrected chi connectivity index (χ1v) is 8.18. The molecule has 3 heteroatoms. The highest BCUT2D eigenvalue weighted by Crippen LogP contribution is 2.46. The Kier molecular flexibility index (Phi) is 4.32. The molecule has 118 valence electrons. The number of hydrogen-bond acceptors (Lipinski definition) is 3. The minimum absolute atomic E-state index is 0.379. The number of anilines is 1. The van der Waals surface area contributed by atoms with E-state index in [1.807, 2.05) is 6.92 Å². The van der Waals surface area contributed by atoms with E-state index in [-0.39, 0.29) is 0 Å². The van der Waals surface area contributed by atoms with Gasteiger partial charge in [0.05, 0.1) is 0 Å². The Labute approximate surface area is 130 Å². The van der Waals surface area contributed by atoms with Crippen LogP contribution < -0.4 is 5.32 Å². The van der Waals surface area contributed by atoms with E-state index < -0.39 is 0 Å². The van der Waals surface area contributed by atoms with E-state index in [2.05, 4.69) is 57.9 Å². The quantitative estimate of drug-likeness (QED) is 0.857. The fourth-order valence-electron chi connectivity index (χ4n) is 4.08. The van der Waals surface area contributed by atoms with Crippen molar-refractivity contribution in [3.8, 4) is 0 Å². The van der Waals surface area contributed by atoms with Crippen LogP contribution in [0.3, 0.4) is 0 Å². The molecule has 1 fully saturated rings. The summed E-state index contributed by atoms with van der Waals surface area (Å²) >= 11 is 0. The number of rotatable bonds is 3. The summed E-state index contributed by atoms with van der Waals surface area (Å²) < 4.78 is 0. The standard InChI is InChI=1S/C18H31N3/c1-12(2)15-8-13(3)19-16(21-15)20-14-9-17(4,5)11-18(6,7)10-14/h8,12,14H,9-11H2,1-7H3,(H,19,20,21). The summed E-state index contributed by atoms with van der Waals surface area (Å²) in [4.78, 5) is 9.28. The van der Waals surface area contributed by atoms with Crippen molar-refractivity contribution in [2.75, 3.05) is 5.32 Å². The van der Waals surface area contributed by atoms with Gasteiger partial charge in [-0.3, -0.25) is 0 Å². The molecule has 0 atom stereocenters. The molecule has 0 aromatic carbocycles. The molecule has 1 N–H and O–H groups in total. The Balaban J connectivity index is 2.18. The average Bonchev–Trinajstić information content (AvgIpc) is 2.22. The van der Waals surface area contributed by atoms with Gasteiger partial charge in [-0.05, 0) is 49.0 Å². The summed E-state index contributed by atoms with van der Waals surface area (Å²) in [6, 6.07) is 2.55. The first-order valence-electron chi connectivity index (χ1n) is 8.18. The lowest BCUT2D eigenvalue weighted by molar-refractivity contribution is 0.105. The maximum Gasteiger partial charge on any atom is 0.223 e. The maximum absolute atomic E-state index is 4.70. The molecule has 1 saturated carbocycles. The van der Waals surface area contributed by atoms with Crippen LogP contribution in [0.5, 0.6) is 0 Å². The van der Waals surface area contributed by atoms with Crippen LogP contribution in [0.1, 0.15) is 78.1 Å². The zero-order valence-corrected chi connectivity index (χ0v) is 14.7. The molecule has 21 heavy (non-hydrogen) atoms. The molecule has 0 unspecified atom stereocenters. The molecular formula is C18H31N3. The highest BCUT2D eigenvalue weighted by molar-refractivity contribution is 5.31. The molecule has 1 aliphatic rings. The second kappa shape index (κ2) is 5.58. The third-order valence-corrected chi connectivity index (χ3v) is 4.35. The van der Waals surface area contributed by atoms with E-state index in [4.69, 9.17) is 4.98 Å². The lowest BCUT2D eigenvalue weighted by Gasteiger charge is -2.45. The molecule has 0 radical (unpaired) electrons. The second-order valence-electron chi connectivity index (χ2n) is 8.67. The van der Waals surface area contributed by atoms with Crippen molar-refractivity contribution in [1.82, 2.24) is 9.97 Å². The number of nitrogens with zero attached hydrogens (tertiary/aromatic N) is 2. The molecule has 1 heterocycles. The van der Waals surface area contributed by atoms with E-state index in [9.17, 15) is 0 Å². The lowest BCUT2D eigenvalue weighted by atomic mass is 9.63. The average molecular weight is 289 g/mol. The van der Waals surface area contributed by atoms with E-state index in [0.29, 0.717) is 22.8 Å². The van der Waals surface area contributed by atoms with Crippen LogP contribution in [0.25, 0.3) is 0 Å². The normalized spacial score (nSPS) is 21.5. The van der Waals surface area contributed by atoms with E-state index in [0.717, 1.165) is 17.3 Å². The molecule has 0 amide bonds. The number of aromatic nitrogens is 2. The van der Waals surface area contributed by atoms with E-state index in [1.165, 1.54) is 19.3 Å². The van der Waals surface area contributed by atoms with Crippen molar-refractivity contribution in [2.45, 2.75) is 79.7 Å². The minimum Gasteiger partial charge on any atom is -0.351 e. The Bertz CT molecular complexity index is 487. The molecule has 1 aromatic rings. The summed E-state index contributed by atoms with van der Waals surface area (Å²) in [7, 11) is 0. The van der Waals surface area contributed by atoms with Crippen LogP contribution >= 0.6 is 0 Å². The monoisotopic (exact) mass is 289 g/mol. The molecule has 0 aliphatic heterocycles. The predicted octanol–water partition coefficient (Wildman–Crippen LogP) is 4.93. The van der Waals surface area contributed by atoms with Crippen molar-refractivity contribution in [1.29, 1.82) is 0 Å². The van der Waals surface area contributed by atoms with Gasteiger partial charge in [0, 0.05) is 17.4 Å². The van der Waals surface area contributed by atoms with Crippen molar-refractivity contribution < 1.29 is 0 Å². The lowest BCUT2D eigenvalue weighted by Crippen LogP contribution is -2.40. The molecule has 0 saturated heterocycles. The maximum atomic E-state index is 4.70. The third kappa shape index (κ3) is 4.42. The van der Waals surface area contributed by atoms with E-state index in [1.54, 1.807) is 0 Å². The van der Waals surface area contributed by atoms with Crippen LogP contribution in [-0.4, -0.2) is 16.0 Å².